The van der Waals surface area contributed by atoms with Gasteiger partial charge in [-0.1, -0.05) is 30.3 Å². The van der Waals surface area contributed by atoms with Crippen molar-refractivity contribution in [3.63, 3.8) is 0 Å². The fourth-order valence-electron chi connectivity index (χ4n) is 2.42. The summed E-state index contributed by atoms with van der Waals surface area (Å²) in [5, 5.41) is 13.0. The largest absolute Gasteiger partial charge is 0.390 e. The van der Waals surface area contributed by atoms with Crippen LogP contribution in [0.15, 0.2) is 30.3 Å². The summed E-state index contributed by atoms with van der Waals surface area (Å²) in [6, 6.07) is 9.65. The maximum absolute atomic E-state index is 11.3. The molecular weight excluding hydrogens is 254 g/mol. The molecule has 0 bridgehead atoms. The highest BCUT2D eigenvalue weighted by Crippen LogP contribution is 2.07. The number of carbonyl (C=O) groups excluding carboxylic acids is 1. The van der Waals surface area contributed by atoms with Gasteiger partial charge in [-0.3, -0.25) is 9.69 Å². The number of aliphatic hydroxyl groups is 1. The van der Waals surface area contributed by atoms with Gasteiger partial charge in [-0.05, 0) is 12.0 Å². The number of rotatable bonds is 5. The zero-order chi connectivity index (χ0) is 14.4. The predicted octanol–water partition coefficient (Wildman–Crippen LogP) is -0.261. The maximum atomic E-state index is 11.3. The molecule has 1 amide bonds. The summed E-state index contributed by atoms with van der Waals surface area (Å²) in [5.41, 5.74) is 7.20. The molecule has 5 nitrogen and oxygen atoms in total. The predicted molar refractivity (Wildman–Crippen MR) is 78.2 cm³/mol. The summed E-state index contributed by atoms with van der Waals surface area (Å²) >= 11 is 0. The van der Waals surface area contributed by atoms with Crippen molar-refractivity contribution in [2.24, 2.45) is 5.73 Å². The lowest BCUT2D eigenvalue weighted by molar-refractivity contribution is -0.120. The molecule has 2 unspecified atom stereocenters. The molecule has 1 aromatic carbocycles. The molecule has 1 saturated heterocycles. The summed E-state index contributed by atoms with van der Waals surface area (Å²) in [6.45, 7) is 2.60. The second-order valence-electron chi connectivity index (χ2n) is 5.32. The Hall–Kier alpha value is -1.43. The van der Waals surface area contributed by atoms with E-state index in [1.54, 1.807) is 0 Å². The van der Waals surface area contributed by atoms with Crippen LogP contribution in [0.5, 0.6) is 0 Å². The number of nitrogens with one attached hydrogen (secondary N) is 1. The molecule has 1 aliphatic heterocycles. The van der Waals surface area contributed by atoms with Gasteiger partial charge in [0.2, 0.25) is 5.91 Å². The standard InChI is InChI=1S/C15H23N3O2/c16-13(10-12-4-2-1-3-5-12)14(19)11-18-8-6-15(20)17-7-9-18/h1-5,13-14,19H,6-11,16H2,(H,17,20). The van der Waals surface area contributed by atoms with Crippen molar-refractivity contribution in [2.45, 2.75) is 25.0 Å². The third kappa shape index (κ3) is 4.59. The smallest absolute Gasteiger partial charge is 0.221 e. The van der Waals surface area contributed by atoms with E-state index in [-0.39, 0.29) is 11.9 Å². The summed E-state index contributed by atoms with van der Waals surface area (Å²) in [7, 11) is 0. The number of hydrogen-bond acceptors (Lipinski definition) is 4. The Kier molecular flexibility index (Phi) is 5.52. The Morgan fingerprint density at radius 1 is 1.30 bits per heavy atom. The Balaban J connectivity index is 1.81. The van der Waals surface area contributed by atoms with Crippen LogP contribution in [0.25, 0.3) is 0 Å². The Labute approximate surface area is 119 Å². The molecular formula is C15H23N3O2. The highest BCUT2D eigenvalue weighted by molar-refractivity contribution is 5.76. The average molecular weight is 277 g/mol. The molecule has 5 heteroatoms. The number of amides is 1. The highest BCUT2D eigenvalue weighted by Gasteiger charge is 2.20. The molecule has 0 saturated carbocycles. The number of carbonyl (C=O) groups is 1. The lowest BCUT2D eigenvalue weighted by atomic mass is 10.0. The van der Waals surface area contributed by atoms with Crippen LogP contribution in [0, 0.1) is 0 Å². The van der Waals surface area contributed by atoms with Crippen molar-refractivity contribution >= 4 is 5.91 Å². The molecule has 2 atom stereocenters. The Morgan fingerprint density at radius 2 is 2.05 bits per heavy atom. The fraction of sp³-hybridized carbons (Fsp3) is 0.533. The average Bonchev–Trinajstić information content (AvgIpc) is 2.65. The molecule has 2 rings (SSSR count). The first-order valence-electron chi connectivity index (χ1n) is 7.12. The maximum Gasteiger partial charge on any atom is 0.221 e. The van der Waals surface area contributed by atoms with Gasteiger partial charge in [0.05, 0.1) is 6.10 Å². The van der Waals surface area contributed by atoms with Crippen LogP contribution < -0.4 is 11.1 Å². The normalized spacial score (nSPS) is 20.0. The second-order valence-corrected chi connectivity index (χ2v) is 5.32. The van der Waals surface area contributed by atoms with Crippen LogP contribution in [0.3, 0.4) is 0 Å². The van der Waals surface area contributed by atoms with Gasteiger partial charge in [0.1, 0.15) is 0 Å². The Bertz CT molecular complexity index is 424. The number of nitrogens with two attached hydrogens (primary N) is 1. The zero-order valence-electron chi connectivity index (χ0n) is 11.7. The van der Waals surface area contributed by atoms with Crippen molar-refractivity contribution in [1.82, 2.24) is 10.2 Å². The van der Waals surface area contributed by atoms with E-state index in [0.717, 1.165) is 12.1 Å². The van der Waals surface area contributed by atoms with Crippen molar-refractivity contribution < 1.29 is 9.90 Å². The molecule has 0 aromatic heterocycles. The zero-order valence-corrected chi connectivity index (χ0v) is 11.7. The van der Waals surface area contributed by atoms with Gasteiger partial charge >= 0.3 is 0 Å². The van der Waals surface area contributed by atoms with Crippen LogP contribution in [0.2, 0.25) is 0 Å². The van der Waals surface area contributed by atoms with Crippen molar-refractivity contribution in [3.05, 3.63) is 35.9 Å². The minimum absolute atomic E-state index is 0.0792. The van der Waals surface area contributed by atoms with Crippen molar-refractivity contribution in [1.29, 1.82) is 0 Å². The van der Waals surface area contributed by atoms with E-state index >= 15 is 0 Å². The van der Waals surface area contributed by atoms with Gasteiger partial charge in [-0.2, -0.15) is 0 Å². The van der Waals surface area contributed by atoms with Gasteiger partial charge in [-0.25, -0.2) is 0 Å². The molecule has 0 aliphatic carbocycles. The summed E-state index contributed by atoms with van der Waals surface area (Å²) < 4.78 is 0. The van der Waals surface area contributed by atoms with Crippen molar-refractivity contribution in [2.75, 3.05) is 26.2 Å². The van der Waals surface area contributed by atoms with E-state index in [1.165, 1.54) is 0 Å². The number of hydrogen-bond donors (Lipinski definition) is 3. The van der Waals surface area contributed by atoms with Gasteiger partial charge in [0, 0.05) is 38.6 Å². The summed E-state index contributed by atoms with van der Waals surface area (Å²) in [5.74, 6) is 0.0792. The van der Waals surface area contributed by atoms with Gasteiger partial charge in [0.25, 0.3) is 0 Å². The first-order chi connectivity index (χ1) is 9.65. The molecule has 0 radical (unpaired) electrons. The van der Waals surface area contributed by atoms with E-state index in [2.05, 4.69) is 10.2 Å². The van der Waals surface area contributed by atoms with E-state index < -0.39 is 6.10 Å². The SMILES string of the molecule is NC(Cc1ccccc1)C(O)CN1CCNC(=O)CC1. The lowest BCUT2D eigenvalue weighted by Gasteiger charge is -2.26. The minimum Gasteiger partial charge on any atom is -0.390 e. The first-order valence-corrected chi connectivity index (χ1v) is 7.12. The number of nitrogens with zero attached hydrogens (tertiary/aromatic N) is 1. The van der Waals surface area contributed by atoms with E-state index in [4.69, 9.17) is 5.73 Å². The molecule has 20 heavy (non-hydrogen) atoms. The monoisotopic (exact) mass is 277 g/mol. The molecule has 1 heterocycles. The van der Waals surface area contributed by atoms with Crippen LogP contribution in [0.4, 0.5) is 0 Å². The molecule has 4 N–H and O–H groups in total. The molecule has 110 valence electrons. The fourth-order valence-corrected chi connectivity index (χ4v) is 2.42. The highest BCUT2D eigenvalue weighted by atomic mass is 16.3. The topological polar surface area (TPSA) is 78.6 Å². The van der Waals surface area contributed by atoms with Gasteiger partial charge < -0.3 is 16.2 Å². The first kappa shape index (κ1) is 15.0. The van der Waals surface area contributed by atoms with E-state index in [0.29, 0.717) is 32.5 Å². The van der Waals surface area contributed by atoms with Crippen LogP contribution in [-0.2, 0) is 11.2 Å². The minimum atomic E-state index is -0.580. The number of benzene rings is 1. The summed E-state index contributed by atoms with van der Waals surface area (Å²) in [4.78, 5) is 13.4. The van der Waals surface area contributed by atoms with Crippen LogP contribution >= 0.6 is 0 Å². The van der Waals surface area contributed by atoms with Crippen molar-refractivity contribution in [3.8, 4) is 0 Å². The van der Waals surface area contributed by atoms with E-state index in [1.807, 2.05) is 30.3 Å². The second kappa shape index (κ2) is 7.38. The molecule has 0 spiro atoms. The van der Waals surface area contributed by atoms with Gasteiger partial charge in [-0.15, -0.1) is 0 Å². The number of aliphatic hydroxyl groups excluding tert-OH is 1. The molecule has 1 aliphatic rings. The van der Waals surface area contributed by atoms with E-state index in [9.17, 15) is 9.90 Å². The van der Waals surface area contributed by atoms with Gasteiger partial charge in [0.15, 0.2) is 0 Å². The molecule has 1 aromatic rings. The van der Waals surface area contributed by atoms with Crippen LogP contribution in [0.1, 0.15) is 12.0 Å². The number of β-amino-alcohol motifs (C(OH)–C–C–N with tert-alkyl or cyclic N) is 1. The lowest BCUT2D eigenvalue weighted by Crippen LogP contribution is -2.45. The molecule has 1 fully saturated rings. The Morgan fingerprint density at radius 3 is 2.80 bits per heavy atom. The third-order valence-electron chi connectivity index (χ3n) is 3.66. The summed E-state index contributed by atoms with van der Waals surface area (Å²) in [6.07, 6.45) is 0.566. The van der Waals surface area contributed by atoms with Crippen LogP contribution in [-0.4, -0.2) is 54.2 Å². The quantitative estimate of drug-likeness (QED) is 0.693. The third-order valence-corrected chi connectivity index (χ3v) is 3.66.